The molecule has 0 heterocycles. The van der Waals surface area contributed by atoms with Gasteiger partial charge in [-0.1, -0.05) is 0 Å². The maximum absolute atomic E-state index is 14.2. The third kappa shape index (κ3) is 2.39. The van der Waals surface area contributed by atoms with Crippen molar-refractivity contribution >= 4 is 11.4 Å². The van der Waals surface area contributed by atoms with Crippen molar-refractivity contribution in [2.24, 2.45) is 11.8 Å². The number of halogens is 4. The van der Waals surface area contributed by atoms with E-state index in [-0.39, 0.29) is 0 Å². The van der Waals surface area contributed by atoms with Crippen LogP contribution in [0.25, 0.3) is 0 Å². The largest absolute Gasteiger partial charge is 0.394 e. The fourth-order valence-electron chi connectivity index (χ4n) is 6.72. The average Bonchev–Trinajstić information content (AvgIpc) is 2.62. The summed E-state index contributed by atoms with van der Waals surface area (Å²) in [6, 6.07) is 5.40. The van der Waals surface area contributed by atoms with Gasteiger partial charge in [0.25, 0.3) is 0 Å². The molecule has 0 atom stereocenters. The first-order chi connectivity index (χ1) is 13.2. The topological polar surface area (TPSA) is 52.0 Å². The second-order valence-corrected chi connectivity index (χ2v) is 9.23. The molecule has 28 heavy (non-hydrogen) atoms. The van der Waals surface area contributed by atoms with Gasteiger partial charge in [-0.05, 0) is 96.6 Å². The molecule has 4 fully saturated rings. The molecule has 2 aromatic rings. The number of rotatable bonds is 2. The van der Waals surface area contributed by atoms with Crippen LogP contribution < -0.4 is 11.5 Å². The van der Waals surface area contributed by atoms with Crippen molar-refractivity contribution in [3.8, 4) is 0 Å². The van der Waals surface area contributed by atoms with Crippen molar-refractivity contribution in [3.63, 3.8) is 0 Å². The number of nitrogen functional groups attached to an aromatic ring is 2. The summed E-state index contributed by atoms with van der Waals surface area (Å²) in [5.41, 5.74) is 10.4. The summed E-state index contributed by atoms with van der Waals surface area (Å²) in [5, 5.41) is 0. The number of nitrogens with two attached hydrogens (primary N) is 2. The molecule has 4 aliphatic carbocycles. The van der Waals surface area contributed by atoms with E-state index in [4.69, 9.17) is 11.5 Å². The Kier molecular flexibility index (Phi) is 3.60. The molecule has 2 nitrogen and oxygen atoms in total. The highest BCUT2D eigenvalue weighted by Gasteiger charge is 2.59. The van der Waals surface area contributed by atoms with Crippen LogP contribution in [0.15, 0.2) is 24.3 Å². The Labute approximate surface area is 160 Å². The molecule has 0 radical (unpaired) electrons. The normalized spacial score (nSPS) is 33.4. The summed E-state index contributed by atoms with van der Waals surface area (Å²) >= 11 is 0. The number of hydrogen-bond acceptors (Lipinski definition) is 2. The Balaban J connectivity index is 1.64. The Bertz CT molecular complexity index is 851. The first kappa shape index (κ1) is 17.8. The molecule has 0 aliphatic heterocycles. The maximum Gasteiger partial charge on any atom is 0.149 e. The molecular formula is C22H22F4N2. The van der Waals surface area contributed by atoms with Crippen LogP contribution in [0.3, 0.4) is 0 Å². The fraction of sp³-hybridized carbons (Fsp3) is 0.455. The maximum atomic E-state index is 14.2. The van der Waals surface area contributed by atoms with Crippen LogP contribution >= 0.6 is 0 Å². The van der Waals surface area contributed by atoms with Crippen LogP contribution in [0, 0.1) is 35.1 Å². The van der Waals surface area contributed by atoms with Crippen molar-refractivity contribution in [1.29, 1.82) is 0 Å². The molecule has 4 aliphatic rings. The van der Waals surface area contributed by atoms with Crippen molar-refractivity contribution in [2.75, 3.05) is 11.5 Å². The zero-order chi connectivity index (χ0) is 19.8. The van der Waals surface area contributed by atoms with Crippen molar-refractivity contribution < 1.29 is 17.6 Å². The van der Waals surface area contributed by atoms with Gasteiger partial charge in [-0.3, -0.25) is 0 Å². The van der Waals surface area contributed by atoms with Gasteiger partial charge in [-0.25, -0.2) is 17.6 Å². The smallest absolute Gasteiger partial charge is 0.149 e. The lowest BCUT2D eigenvalue weighted by Crippen LogP contribution is -2.56. The third-order valence-corrected chi connectivity index (χ3v) is 7.44. The Morgan fingerprint density at radius 2 is 0.964 bits per heavy atom. The molecule has 6 rings (SSSR count). The molecule has 0 unspecified atom stereocenters. The van der Waals surface area contributed by atoms with Gasteiger partial charge in [-0.2, -0.15) is 0 Å². The number of anilines is 2. The van der Waals surface area contributed by atoms with Gasteiger partial charge in [0.1, 0.15) is 34.6 Å². The summed E-state index contributed by atoms with van der Waals surface area (Å²) in [6.07, 6.45) is 5.05. The van der Waals surface area contributed by atoms with E-state index in [1.807, 2.05) is 0 Å². The van der Waals surface area contributed by atoms with Gasteiger partial charge in [0.2, 0.25) is 0 Å². The predicted molar refractivity (Wildman–Crippen MR) is 99.6 cm³/mol. The minimum absolute atomic E-state index is 0.369. The van der Waals surface area contributed by atoms with E-state index in [1.165, 1.54) is 24.3 Å². The first-order valence-corrected chi connectivity index (χ1v) is 9.71. The molecule has 148 valence electrons. The quantitative estimate of drug-likeness (QED) is 0.547. The summed E-state index contributed by atoms with van der Waals surface area (Å²) < 4.78 is 56.9. The second kappa shape index (κ2) is 5.65. The van der Waals surface area contributed by atoms with Crippen LogP contribution in [0.4, 0.5) is 28.9 Å². The number of benzene rings is 2. The van der Waals surface area contributed by atoms with E-state index < -0.39 is 45.5 Å². The van der Waals surface area contributed by atoms with E-state index in [1.54, 1.807) is 0 Å². The lowest BCUT2D eigenvalue weighted by molar-refractivity contribution is -0.0285. The van der Waals surface area contributed by atoms with Gasteiger partial charge in [-0.15, -0.1) is 0 Å². The van der Waals surface area contributed by atoms with Crippen LogP contribution in [0.2, 0.25) is 0 Å². The van der Waals surface area contributed by atoms with Gasteiger partial charge in [0.15, 0.2) is 0 Å². The molecule has 2 aromatic carbocycles. The van der Waals surface area contributed by atoms with E-state index in [0.717, 1.165) is 32.1 Å². The van der Waals surface area contributed by atoms with Gasteiger partial charge in [0, 0.05) is 0 Å². The van der Waals surface area contributed by atoms with Gasteiger partial charge >= 0.3 is 0 Å². The van der Waals surface area contributed by atoms with Gasteiger partial charge < -0.3 is 11.5 Å². The monoisotopic (exact) mass is 390 g/mol. The molecule has 4 bridgehead atoms. The predicted octanol–water partition coefficient (Wildman–Crippen LogP) is 5.20. The van der Waals surface area contributed by atoms with Crippen LogP contribution in [-0.2, 0) is 10.8 Å². The van der Waals surface area contributed by atoms with Crippen molar-refractivity contribution in [1.82, 2.24) is 0 Å². The third-order valence-electron chi connectivity index (χ3n) is 7.44. The van der Waals surface area contributed by atoms with E-state index in [0.29, 0.717) is 29.4 Å². The van der Waals surface area contributed by atoms with Crippen LogP contribution in [0.1, 0.15) is 49.7 Å². The summed E-state index contributed by atoms with van der Waals surface area (Å²) in [7, 11) is 0. The molecule has 6 heteroatoms. The zero-order valence-corrected chi connectivity index (χ0v) is 15.4. The lowest BCUT2D eigenvalue weighted by Gasteiger charge is -2.62. The SMILES string of the molecule is Nc1c(F)cc(C23CC4CC(C2)CC(c2cc(F)c(N)c(F)c2)(C4)C3)cc1F. The average molecular weight is 390 g/mol. The molecule has 4 N–H and O–H groups in total. The highest BCUT2D eigenvalue weighted by molar-refractivity contribution is 5.49. The van der Waals surface area contributed by atoms with Crippen LogP contribution in [-0.4, -0.2) is 0 Å². The van der Waals surface area contributed by atoms with Gasteiger partial charge in [0.05, 0.1) is 0 Å². The lowest BCUT2D eigenvalue weighted by atomic mass is 9.41. The van der Waals surface area contributed by atoms with E-state index >= 15 is 0 Å². The Morgan fingerprint density at radius 1 is 0.643 bits per heavy atom. The molecule has 0 aromatic heterocycles. The Hall–Kier alpha value is -2.24. The highest BCUT2D eigenvalue weighted by Crippen LogP contribution is 2.66. The standard InChI is InChI=1S/C22H22F4N2/c23-15-2-13(3-16(24)19(15)27)21-6-11-1-12(7-21)9-22(8-11,10-21)14-4-17(25)20(28)18(26)5-14/h2-5,11-12H,1,6-10,27-28H2. The Morgan fingerprint density at radius 3 is 1.29 bits per heavy atom. The van der Waals surface area contributed by atoms with E-state index in [2.05, 4.69) is 0 Å². The van der Waals surface area contributed by atoms with Crippen LogP contribution in [0.5, 0.6) is 0 Å². The highest BCUT2D eigenvalue weighted by atomic mass is 19.1. The minimum Gasteiger partial charge on any atom is -0.394 e. The summed E-state index contributed by atoms with van der Waals surface area (Å²) in [5.74, 6) is -2.25. The molecule has 4 saturated carbocycles. The zero-order valence-electron chi connectivity index (χ0n) is 15.4. The van der Waals surface area contributed by atoms with Crippen molar-refractivity contribution in [3.05, 3.63) is 58.7 Å². The summed E-state index contributed by atoms with van der Waals surface area (Å²) in [4.78, 5) is 0. The molecule has 0 amide bonds. The summed E-state index contributed by atoms with van der Waals surface area (Å²) in [6.45, 7) is 0. The van der Waals surface area contributed by atoms with E-state index in [9.17, 15) is 17.6 Å². The minimum atomic E-state index is -0.746. The molecule has 0 spiro atoms. The second-order valence-electron chi connectivity index (χ2n) is 9.23. The molecular weight excluding hydrogens is 368 g/mol. The van der Waals surface area contributed by atoms with Crippen molar-refractivity contribution in [2.45, 2.75) is 49.4 Å². The first-order valence-electron chi connectivity index (χ1n) is 9.71. The number of hydrogen-bond donors (Lipinski definition) is 2. The fourth-order valence-corrected chi connectivity index (χ4v) is 6.72. The molecule has 0 saturated heterocycles.